The van der Waals surface area contributed by atoms with Gasteiger partial charge in [0.1, 0.15) is 11.5 Å². The van der Waals surface area contributed by atoms with Gasteiger partial charge in [0.15, 0.2) is 17.4 Å². The fourth-order valence-corrected chi connectivity index (χ4v) is 5.39. The van der Waals surface area contributed by atoms with Crippen LogP contribution in [-0.2, 0) is 27.6 Å². The van der Waals surface area contributed by atoms with E-state index in [9.17, 15) is 26.0 Å². The maximum Gasteiger partial charge on any atom is 0.272 e. The zero-order valence-corrected chi connectivity index (χ0v) is 16.6. The normalized spacial score (nSPS) is 21.2. The van der Waals surface area contributed by atoms with Crippen LogP contribution in [0.1, 0.15) is 30.5 Å². The second kappa shape index (κ2) is 7.77. The van der Waals surface area contributed by atoms with Crippen LogP contribution in [0.4, 0.5) is 23.2 Å². The van der Waals surface area contributed by atoms with Gasteiger partial charge < -0.3 is 14.5 Å². The quantitative estimate of drug-likeness (QED) is 0.660. The third-order valence-electron chi connectivity index (χ3n) is 5.47. The fourth-order valence-electron chi connectivity index (χ4n) is 4.07. The molecule has 1 aromatic heterocycles. The molecule has 2 aromatic rings. The van der Waals surface area contributed by atoms with Crippen LogP contribution in [0.15, 0.2) is 23.2 Å². The van der Waals surface area contributed by atoms with Gasteiger partial charge in [0.05, 0.1) is 11.3 Å². The molecular weight excluding hydrogens is 428 g/mol. The van der Waals surface area contributed by atoms with Crippen molar-refractivity contribution in [2.45, 2.75) is 49.0 Å². The van der Waals surface area contributed by atoms with Gasteiger partial charge in [-0.15, -0.1) is 0 Å². The van der Waals surface area contributed by atoms with E-state index in [1.807, 2.05) is 4.72 Å². The third kappa shape index (κ3) is 4.00. The standard InChI is InChI=1S/C19H20F4N2O4S/c20-12-7-16(28-10-18(22)23)13(21)6-14(12)25-30(26,27)17-9-24-15-8-19(3-1-5-29-19)4-2-11(15)17/h6-7,9,18,24-25H,1-5,8,10H2. The van der Waals surface area contributed by atoms with Crippen LogP contribution < -0.4 is 9.46 Å². The number of halogens is 4. The number of H-pyrrole nitrogens is 1. The molecule has 0 bridgehead atoms. The summed E-state index contributed by atoms with van der Waals surface area (Å²) in [7, 11) is -4.21. The van der Waals surface area contributed by atoms with E-state index in [1.165, 1.54) is 6.20 Å². The fraction of sp³-hybridized carbons (Fsp3) is 0.474. The molecule has 30 heavy (non-hydrogen) atoms. The highest BCUT2D eigenvalue weighted by atomic mass is 32.2. The molecule has 1 atom stereocenters. The van der Waals surface area contributed by atoms with Crippen molar-refractivity contribution < 1.29 is 35.5 Å². The average molecular weight is 448 g/mol. The molecule has 1 fully saturated rings. The average Bonchev–Trinajstić information content (AvgIpc) is 3.30. The van der Waals surface area contributed by atoms with Gasteiger partial charge in [0.25, 0.3) is 16.4 Å². The Balaban J connectivity index is 1.56. The summed E-state index contributed by atoms with van der Waals surface area (Å²) in [6.07, 6.45) is 2.07. The number of sulfonamides is 1. The van der Waals surface area contributed by atoms with Crippen molar-refractivity contribution in [3.8, 4) is 5.75 Å². The minimum Gasteiger partial charge on any atom is -0.484 e. The number of aromatic amines is 1. The van der Waals surface area contributed by atoms with Crippen molar-refractivity contribution in [2.75, 3.05) is 17.9 Å². The number of anilines is 1. The van der Waals surface area contributed by atoms with Gasteiger partial charge in [-0.2, -0.15) is 0 Å². The summed E-state index contributed by atoms with van der Waals surface area (Å²) in [6, 6.07) is 1.09. The lowest BCUT2D eigenvalue weighted by Gasteiger charge is -2.32. The van der Waals surface area contributed by atoms with E-state index < -0.39 is 46.1 Å². The SMILES string of the molecule is O=S(=O)(Nc1cc(F)c(OCC(F)F)cc1F)c1c[nH]c2c1CCC1(CCCO1)C2. The van der Waals surface area contributed by atoms with E-state index in [0.29, 0.717) is 43.6 Å². The Morgan fingerprint density at radius 1 is 1.23 bits per heavy atom. The van der Waals surface area contributed by atoms with Gasteiger partial charge in [-0.05, 0) is 31.2 Å². The molecule has 2 N–H and O–H groups in total. The number of hydrogen-bond donors (Lipinski definition) is 2. The minimum atomic E-state index is -4.21. The molecule has 1 aromatic carbocycles. The van der Waals surface area contributed by atoms with Crippen molar-refractivity contribution in [3.05, 3.63) is 41.2 Å². The van der Waals surface area contributed by atoms with E-state index in [-0.39, 0.29) is 10.5 Å². The van der Waals surface area contributed by atoms with Crippen LogP contribution in [0.5, 0.6) is 5.75 Å². The van der Waals surface area contributed by atoms with E-state index in [2.05, 4.69) is 9.72 Å². The maximum atomic E-state index is 14.3. The highest BCUT2D eigenvalue weighted by Gasteiger charge is 2.40. The molecule has 0 amide bonds. The number of benzene rings is 1. The molecule has 4 rings (SSSR count). The molecule has 0 saturated carbocycles. The molecule has 1 aliphatic heterocycles. The van der Waals surface area contributed by atoms with Gasteiger partial charge in [0.2, 0.25) is 0 Å². The lowest BCUT2D eigenvalue weighted by molar-refractivity contribution is -0.00742. The molecule has 2 heterocycles. The van der Waals surface area contributed by atoms with Crippen LogP contribution in [0.3, 0.4) is 0 Å². The van der Waals surface area contributed by atoms with Crippen LogP contribution >= 0.6 is 0 Å². The molecule has 0 radical (unpaired) electrons. The molecular formula is C19H20F4N2O4S. The first-order valence-corrected chi connectivity index (χ1v) is 10.9. The number of nitrogens with one attached hydrogen (secondary N) is 2. The molecule has 1 saturated heterocycles. The third-order valence-corrected chi connectivity index (χ3v) is 6.91. The predicted octanol–water partition coefficient (Wildman–Crippen LogP) is 3.78. The Kier molecular flexibility index (Phi) is 5.43. The van der Waals surface area contributed by atoms with Crippen LogP contribution in [0, 0.1) is 11.6 Å². The zero-order valence-electron chi connectivity index (χ0n) is 15.8. The molecule has 1 spiro atoms. The second-order valence-corrected chi connectivity index (χ2v) is 9.14. The maximum absolute atomic E-state index is 14.3. The molecule has 2 aliphatic rings. The summed E-state index contributed by atoms with van der Waals surface area (Å²) < 4.78 is 90.8. The van der Waals surface area contributed by atoms with Crippen molar-refractivity contribution in [3.63, 3.8) is 0 Å². The number of hydrogen-bond acceptors (Lipinski definition) is 4. The minimum absolute atomic E-state index is 0.0387. The topological polar surface area (TPSA) is 80.4 Å². The Morgan fingerprint density at radius 2 is 2.03 bits per heavy atom. The van der Waals surface area contributed by atoms with Crippen molar-refractivity contribution in [2.24, 2.45) is 0 Å². The lowest BCUT2D eigenvalue weighted by Crippen LogP contribution is -2.35. The highest BCUT2D eigenvalue weighted by Crippen LogP contribution is 2.40. The van der Waals surface area contributed by atoms with Crippen molar-refractivity contribution >= 4 is 15.7 Å². The smallest absolute Gasteiger partial charge is 0.272 e. The molecule has 1 unspecified atom stereocenters. The van der Waals surface area contributed by atoms with Crippen molar-refractivity contribution in [1.82, 2.24) is 4.98 Å². The number of aromatic nitrogens is 1. The highest BCUT2D eigenvalue weighted by molar-refractivity contribution is 7.92. The summed E-state index contributed by atoms with van der Waals surface area (Å²) >= 11 is 0. The Hall–Kier alpha value is -2.27. The Morgan fingerprint density at radius 3 is 2.73 bits per heavy atom. The zero-order chi connectivity index (χ0) is 21.5. The largest absolute Gasteiger partial charge is 0.484 e. The van der Waals surface area contributed by atoms with Gasteiger partial charge in [-0.3, -0.25) is 4.72 Å². The second-order valence-electron chi connectivity index (χ2n) is 7.49. The number of alkyl halides is 2. The van der Waals surface area contributed by atoms with Gasteiger partial charge >= 0.3 is 0 Å². The van der Waals surface area contributed by atoms with Gasteiger partial charge in [-0.1, -0.05) is 0 Å². The van der Waals surface area contributed by atoms with Crippen LogP contribution in [-0.4, -0.2) is 38.6 Å². The summed E-state index contributed by atoms with van der Waals surface area (Å²) in [5.41, 5.74) is 0.445. The predicted molar refractivity (Wildman–Crippen MR) is 99.4 cm³/mol. The summed E-state index contributed by atoms with van der Waals surface area (Å²) in [5.74, 6) is -3.03. The lowest BCUT2D eigenvalue weighted by atomic mass is 9.82. The van der Waals surface area contributed by atoms with Crippen LogP contribution in [0.2, 0.25) is 0 Å². The Labute approximate surface area is 170 Å². The first-order chi connectivity index (χ1) is 14.2. The summed E-state index contributed by atoms with van der Waals surface area (Å²) in [6.45, 7) is -0.424. The Bertz CT molecular complexity index is 1050. The number of rotatable bonds is 6. The van der Waals surface area contributed by atoms with Gasteiger partial charge in [-0.25, -0.2) is 26.0 Å². The summed E-state index contributed by atoms with van der Waals surface area (Å²) in [4.78, 5) is 2.93. The molecule has 11 heteroatoms. The van der Waals surface area contributed by atoms with E-state index in [4.69, 9.17) is 4.74 Å². The van der Waals surface area contributed by atoms with E-state index in [1.54, 1.807) is 0 Å². The van der Waals surface area contributed by atoms with Crippen molar-refractivity contribution in [1.29, 1.82) is 0 Å². The first kappa shape index (κ1) is 21.0. The number of ether oxygens (including phenoxy) is 2. The van der Waals surface area contributed by atoms with Crippen LogP contribution in [0.25, 0.3) is 0 Å². The molecule has 1 aliphatic carbocycles. The first-order valence-electron chi connectivity index (χ1n) is 9.45. The molecule has 164 valence electrons. The summed E-state index contributed by atoms with van der Waals surface area (Å²) in [5, 5.41) is 0. The monoisotopic (exact) mass is 448 g/mol. The molecule has 6 nitrogen and oxygen atoms in total. The van der Waals surface area contributed by atoms with E-state index >= 15 is 0 Å². The van der Waals surface area contributed by atoms with Gasteiger partial charge in [0, 0.05) is 37.1 Å². The van der Waals surface area contributed by atoms with E-state index in [0.717, 1.165) is 18.5 Å². The number of fused-ring (bicyclic) bond motifs is 1.